The summed E-state index contributed by atoms with van der Waals surface area (Å²) in [4.78, 5) is 11.9. The zero-order valence-electron chi connectivity index (χ0n) is 14.7. The fourth-order valence-corrected chi connectivity index (χ4v) is 4.60. The zero-order valence-corrected chi connectivity index (χ0v) is 14.7. The molecule has 3 nitrogen and oxygen atoms in total. The van der Waals surface area contributed by atoms with Gasteiger partial charge in [-0.25, -0.2) is 9.97 Å². The van der Waals surface area contributed by atoms with Crippen LogP contribution in [-0.2, 0) is 18.3 Å². The summed E-state index contributed by atoms with van der Waals surface area (Å²) >= 11 is 0. The number of nitrogens with zero attached hydrogens (tertiary/aromatic N) is 3. The average molecular weight is 321 g/mol. The molecule has 0 radical (unpaired) electrons. The molecule has 1 aliphatic heterocycles. The van der Waals surface area contributed by atoms with Crippen molar-refractivity contribution in [2.75, 3.05) is 19.6 Å². The van der Waals surface area contributed by atoms with Gasteiger partial charge in [-0.1, -0.05) is 30.3 Å². The molecular formula is C21H27N3. The molecule has 1 fully saturated rings. The topological polar surface area (TPSA) is 29.0 Å². The number of hydrogen-bond donors (Lipinski definition) is 0. The Labute approximate surface area is 145 Å². The van der Waals surface area contributed by atoms with Gasteiger partial charge in [-0.2, -0.15) is 0 Å². The van der Waals surface area contributed by atoms with Crippen LogP contribution in [0.1, 0.15) is 48.3 Å². The first-order chi connectivity index (χ1) is 11.8. The van der Waals surface area contributed by atoms with Gasteiger partial charge in [0.15, 0.2) is 0 Å². The molecule has 1 aromatic carbocycles. The van der Waals surface area contributed by atoms with Crippen molar-refractivity contribution in [3.63, 3.8) is 0 Å². The summed E-state index contributed by atoms with van der Waals surface area (Å²) in [5.74, 6) is 0.927. The van der Waals surface area contributed by atoms with E-state index in [1.54, 1.807) is 0 Å². The van der Waals surface area contributed by atoms with Crippen LogP contribution in [0.4, 0.5) is 0 Å². The van der Waals surface area contributed by atoms with Gasteiger partial charge in [0.1, 0.15) is 5.82 Å². The number of rotatable bonds is 4. The Kier molecular flexibility index (Phi) is 4.36. The number of hydrogen-bond acceptors (Lipinski definition) is 3. The van der Waals surface area contributed by atoms with Crippen molar-refractivity contribution in [2.45, 2.75) is 50.9 Å². The van der Waals surface area contributed by atoms with E-state index in [1.165, 1.54) is 68.6 Å². The molecule has 2 aromatic rings. The van der Waals surface area contributed by atoms with Crippen molar-refractivity contribution in [3.05, 3.63) is 59.2 Å². The molecule has 126 valence electrons. The van der Waals surface area contributed by atoms with Gasteiger partial charge in [0.25, 0.3) is 0 Å². The van der Waals surface area contributed by atoms with E-state index >= 15 is 0 Å². The van der Waals surface area contributed by atoms with E-state index in [0.29, 0.717) is 5.41 Å². The Hall–Kier alpha value is -1.74. The molecule has 1 unspecified atom stereocenters. The van der Waals surface area contributed by atoms with Crippen LogP contribution in [0.5, 0.6) is 0 Å². The molecule has 0 saturated carbocycles. The standard InChI is InChI=1S/C21H27N3/c1-17-22-15-19-10-12-21(20(19)23-17)11-6-14-24(16-21)13-5-9-18-7-3-2-4-8-18/h2-4,7-8,15H,5-6,9-14,16H2,1H3. The monoisotopic (exact) mass is 321 g/mol. The van der Waals surface area contributed by atoms with Crippen LogP contribution >= 0.6 is 0 Å². The highest BCUT2D eigenvalue weighted by Gasteiger charge is 2.43. The van der Waals surface area contributed by atoms with Crippen LogP contribution in [0.15, 0.2) is 36.5 Å². The van der Waals surface area contributed by atoms with Crippen molar-refractivity contribution >= 4 is 0 Å². The van der Waals surface area contributed by atoms with Crippen molar-refractivity contribution in [3.8, 4) is 0 Å². The SMILES string of the molecule is Cc1ncc2c(n1)C1(CCCN(CCCc3ccccc3)C1)CC2. The normalized spacial score (nSPS) is 23.5. The summed E-state index contributed by atoms with van der Waals surface area (Å²) in [5, 5.41) is 0. The molecule has 1 saturated heterocycles. The molecule has 3 heteroatoms. The van der Waals surface area contributed by atoms with Crippen molar-refractivity contribution in [1.29, 1.82) is 0 Å². The third-order valence-electron chi connectivity index (χ3n) is 5.80. The molecule has 4 rings (SSSR count). The third kappa shape index (κ3) is 3.10. The molecule has 24 heavy (non-hydrogen) atoms. The van der Waals surface area contributed by atoms with Gasteiger partial charge in [-0.05, 0) is 69.7 Å². The summed E-state index contributed by atoms with van der Waals surface area (Å²) in [6, 6.07) is 10.9. The largest absolute Gasteiger partial charge is 0.302 e. The molecule has 1 aromatic heterocycles. The van der Waals surface area contributed by atoms with Gasteiger partial charge in [0, 0.05) is 18.2 Å². The highest BCUT2D eigenvalue weighted by atomic mass is 15.1. The molecule has 2 aliphatic rings. The van der Waals surface area contributed by atoms with Gasteiger partial charge < -0.3 is 4.90 Å². The van der Waals surface area contributed by atoms with Crippen molar-refractivity contribution < 1.29 is 0 Å². The molecule has 0 N–H and O–H groups in total. The minimum absolute atomic E-state index is 0.300. The van der Waals surface area contributed by atoms with Crippen molar-refractivity contribution in [1.82, 2.24) is 14.9 Å². The second-order valence-electron chi connectivity index (χ2n) is 7.54. The number of aromatic nitrogens is 2. The van der Waals surface area contributed by atoms with E-state index in [9.17, 15) is 0 Å². The Bertz CT molecular complexity index is 693. The number of piperidine rings is 1. The van der Waals surface area contributed by atoms with Crippen LogP contribution in [0.2, 0.25) is 0 Å². The highest BCUT2D eigenvalue weighted by Crippen LogP contribution is 2.43. The van der Waals surface area contributed by atoms with E-state index in [2.05, 4.69) is 46.4 Å². The molecule has 1 spiro atoms. The zero-order chi connectivity index (χ0) is 16.4. The lowest BCUT2D eigenvalue weighted by atomic mass is 9.77. The lowest BCUT2D eigenvalue weighted by Gasteiger charge is -2.40. The maximum Gasteiger partial charge on any atom is 0.125 e. The number of fused-ring (bicyclic) bond motifs is 2. The minimum atomic E-state index is 0.300. The molecule has 0 amide bonds. The quantitative estimate of drug-likeness (QED) is 0.860. The van der Waals surface area contributed by atoms with E-state index < -0.39 is 0 Å². The minimum Gasteiger partial charge on any atom is -0.302 e. The van der Waals surface area contributed by atoms with E-state index in [0.717, 1.165) is 12.2 Å². The Balaban J connectivity index is 1.41. The summed E-state index contributed by atoms with van der Waals surface area (Å²) in [5.41, 5.74) is 4.52. The van der Waals surface area contributed by atoms with Crippen LogP contribution in [-0.4, -0.2) is 34.5 Å². The predicted molar refractivity (Wildman–Crippen MR) is 97.2 cm³/mol. The van der Waals surface area contributed by atoms with Crippen LogP contribution in [0.25, 0.3) is 0 Å². The van der Waals surface area contributed by atoms with Crippen LogP contribution in [0, 0.1) is 6.92 Å². The first-order valence-corrected chi connectivity index (χ1v) is 9.34. The number of aryl methyl sites for hydroxylation is 3. The van der Waals surface area contributed by atoms with Gasteiger partial charge in [-0.3, -0.25) is 0 Å². The average Bonchev–Trinajstić information content (AvgIpc) is 2.94. The first-order valence-electron chi connectivity index (χ1n) is 9.34. The van der Waals surface area contributed by atoms with Crippen molar-refractivity contribution in [2.24, 2.45) is 0 Å². The van der Waals surface area contributed by atoms with E-state index in [-0.39, 0.29) is 0 Å². The summed E-state index contributed by atoms with van der Waals surface area (Å²) < 4.78 is 0. The maximum atomic E-state index is 4.86. The molecular weight excluding hydrogens is 294 g/mol. The van der Waals surface area contributed by atoms with Crippen LogP contribution < -0.4 is 0 Å². The fraction of sp³-hybridized carbons (Fsp3) is 0.524. The van der Waals surface area contributed by atoms with Crippen LogP contribution in [0.3, 0.4) is 0 Å². The van der Waals surface area contributed by atoms with Gasteiger partial charge >= 0.3 is 0 Å². The molecule has 1 atom stereocenters. The van der Waals surface area contributed by atoms with E-state index in [1.807, 2.05) is 6.92 Å². The fourth-order valence-electron chi connectivity index (χ4n) is 4.60. The number of benzene rings is 1. The second kappa shape index (κ2) is 6.64. The highest BCUT2D eigenvalue weighted by molar-refractivity contribution is 5.33. The van der Waals surface area contributed by atoms with Gasteiger partial charge in [0.05, 0.1) is 5.69 Å². The Morgan fingerprint density at radius 2 is 2.04 bits per heavy atom. The molecule has 2 heterocycles. The summed E-state index contributed by atoms with van der Waals surface area (Å²) in [7, 11) is 0. The third-order valence-corrected chi connectivity index (χ3v) is 5.80. The Morgan fingerprint density at radius 1 is 1.17 bits per heavy atom. The van der Waals surface area contributed by atoms with Gasteiger partial charge in [0.2, 0.25) is 0 Å². The smallest absolute Gasteiger partial charge is 0.125 e. The maximum absolute atomic E-state index is 4.86. The molecule has 0 bridgehead atoms. The number of likely N-dealkylation sites (tertiary alicyclic amines) is 1. The second-order valence-corrected chi connectivity index (χ2v) is 7.54. The lowest BCUT2D eigenvalue weighted by Crippen LogP contribution is -2.45. The first kappa shape index (κ1) is 15.8. The van der Waals surface area contributed by atoms with Gasteiger partial charge in [-0.15, -0.1) is 0 Å². The molecule has 1 aliphatic carbocycles. The van der Waals surface area contributed by atoms with E-state index in [4.69, 9.17) is 4.98 Å². The Morgan fingerprint density at radius 3 is 2.92 bits per heavy atom. The summed E-state index contributed by atoms with van der Waals surface area (Å²) in [6.45, 7) is 5.66. The summed E-state index contributed by atoms with van der Waals surface area (Å²) in [6.07, 6.45) is 9.52. The predicted octanol–water partition coefficient (Wildman–Crippen LogP) is 3.70. The lowest BCUT2D eigenvalue weighted by molar-refractivity contribution is 0.142.